The second kappa shape index (κ2) is 15.9. The molecule has 0 atom stereocenters. The average molecular weight is 356 g/mol. The van der Waals surface area contributed by atoms with Crippen LogP contribution in [-0.4, -0.2) is 49.0 Å². The van der Waals surface area contributed by atoms with Gasteiger partial charge in [-0.2, -0.15) is 25.3 Å². The zero-order valence-corrected chi connectivity index (χ0v) is 17.8. The van der Waals surface area contributed by atoms with Crippen LogP contribution in [0.5, 0.6) is 0 Å². The molecule has 0 amide bonds. The van der Waals surface area contributed by atoms with E-state index < -0.39 is 20.2 Å². The molecule has 0 aromatic carbocycles. The van der Waals surface area contributed by atoms with Crippen LogP contribution in [0.2, 0.25) is 0 Å². The number of hydrogen-bond donors (Lipinski definition) is 2. The summed E-state index contributed by atoms with van der Waals surface area (Å²) >= 11 is 7.46. The zero-order valence-electron chi connectivity index (χ0n) is 10.4. The Kier molecular flexibility index (Phi) is 25.3. The molecule has 0 spiro atoms. The van der Waals surface area contributed by atoms with Crippen LogP contribution < -0.4 is 59.1 Å². The van der Waals surface area contributed by atoms with Crippen LogP contribution in [-0.2, 0) is 20.2 Å². The van der Waals surface area contributed by atoms with Gasteiger partial charge in [-0.25, -0.2) is 16.8 Å². The van der Waals surface area contributed by atoms with E-state index in [-0.39, 0.29) is 70.6 Å². The van der Waals surface area contributed by atoms with Crippen LogP contribution in [0.3, 0.4) is 0 Å². The maximum atomic E-state index is 9.80. The normalized spacial score (nSPS) is 10.4. The van der Waals surface area contributed by atoms with Crippen molar-refractivity contribution in [3.63, 3.8) is 0 Å². The van der Waals surface area contributed by atoms with Gasteiger partial charge in [0.25, 0.3) is 0 Å². The SMILES string of the molecule is O=S(=O)([O-])CCCS.O=S(=O)([O-])CCCS.[Na+].[Na+]. The summed E-state index contributed by atoms with van der Waals surface area (Å²) in [6.45, 7) is 0. The van der Waals surface area contributed by atoms with Gasteiger partial charge in [-0.15, -0.1) is 0 Å². The van der Waals surface area contributed by atoms with Crippen molar-refractivity contribution >= 4 is 45.5 Å². The maximum absolute atomic E-state index is 9.80. The molecule has 100 valence electrons. The van der Waals surface area contributed by atoms with Crippen molar-refractivity contribution in [1.29, 1.82) is 0 Å². The summed E-state index contributed by atoms with van der Waals surface area (Å²) in [7, 11) is -7.97. The Morgan fingerprint density at radius 2 is 0.944 bits per heavy atom. The molecular formula is C6H14Na2O6S4. The van der Waals surface area contributed by atoms with E-state index in [2.05, 4.69) is 25.3 Å². The Balaban J connectivity index is -0.0000000980. The van der Waals surface area contributed by atoms with Crippen molar-refractivity contribution in [2.45, 2.75) is 12.8 Å². The molecular weight excluding hydrogens is 342 g/mol. The molecule has 6 nitrogen and oxygen atoms in total. The summed E-state index contributed by atoms with van der Waals surface area (Å²) in [5.74, 6) is 0.302. The van der Waals surface area contributed by atoms with Crippen molar-refractivity contribution in [2.75, 3.05) is 23.0 Å². The van der Waals surface area contributed by atoms with Crippen LogP contribution in [0, 0.1) is 0 Å². The van der Waals surface area contributed by atoms with E-state index in [1.54, 1.807) is 0 Å². The molecule has 0 aliphatic heterocycles. The van der Waals surface area contributed by atoms with Gasteiger partial charge in [0.15, 0.2) is 0 Å². The second-order valence-electron chi connectivity index (χ2n) is 2.68. The fourth-order valence-electron chi connectivity index (χ4n) is 0.483. The molecule has 0 aromatic heterocycles. The van der Waals surface area contributed by atoms with Gasteiger partial charge < -0.3 is 9.11 Å². The van der Waals surface area contributed by atoms with E-state index in [9.17, 15) is 25.9 Å². The van der Waals surface area contributed by atoms with Crippen molar-refractivity contribution in [1.82, 2.24) is 0 Å². The van der Waals surface area contributed by atoms with Crippen molar-refractivity contribution in [3.8, 4) is 0 Å². The monoisotopic (exact) mass is 356 g/mol. The molecule has 12 heteroatoms. The third-order valence-electron chi connectivity index (χ3n) is 1.10. The molecule has 0 rings (SSSR count). The largest absolute Gasteiger partial charge is 1.00 e. The smallest absolute Gasteiger partial charge is 0.748 e. The molecule has 0 aromatic rings. The van der Waals surface area contributed by atoms with Crippen molar-refractivity contribution in [2.24, 2.45) is 0 Å². The molecule has 0 heterocycles. The molecule has 18 heavy (non-hydrogen) atoms. The standard InChI is InChI=1S/2C3H8O3S2.2Na/c2*4-8(5,6)3-1-2-7;;/h2*7H,1-3H2,(H,4,5,6);;/q;;2*+1/p-2. The Morgan fingerprint density at radius 1 is 0.722 bits per heavy atom. The average Bonchev–Trinajstić information content (AvgIpc) is 2.10. The first-order valence-corrected chi connectivity index (χ1v) is 8.63. The Morgan fingerprint density at radius 3 is 1.00 bits per heavy atom. The Bertz CT molecular complexity index is 318. The summed E-state index contributed by atoms with van der Waals surface area (Å²) in [6.07, 6.45) is 0.684. The fourth-order valence-corrected chi connectivity index (χ4v) is 2.22. The van der Waals surface area contributed by atoms with Gasteiger partial charge in [0.05, 0.1) is 20.2 Å². The van der Waals surface area contributed by atoms with Crippen molar-refractivity contribution < 1.29 is 85.1 Å². The predicted octanol–water partition coefficient (Wildman–Crippen LogP) is -6.29. The van der Waals surface area contributed by atoms with Gasteiger partial charge in [-0.05, 0) is 24.3 Å². The Hall–Kier alpha value is 2.52. The first kappa shape index (κ1) is 28.6. The Labute approximate surface area is 164 Å². The summed E-state index contributed by atoms with van der Waals surface area (Å²) in [5, 5.41) is 0. The quantitative estimate of drug-likeness (QED) is 0.278. The summed E-state index contributed by atoms with van der Waals surface area (Å²) in [4.78, 5) is 0. The molecule has 0 aliphatic carbocycles. The van der Waals surface area contributed by atoms with Crippen LogP contribution in [0.15, 0.2) is 0 Å². The summed E-state index contributed by atoms with van der Waals surface area (Å²) < 4.78 is 58.8. The number of rotatable bonds is 6. The first-order valence-electron chi connectivity index (χ1n) is 4.21. The van der Waals surface area contributed by atoms with E-state index in [0.717, 1.165) is 0 Å². The topological polar surface area (TPSA) is 114 Å². The van der Waals surface area contributed by atoms with Crippen LogP contribution in [0.25, 0.3) is 0 Å². The van der Waals surface area contributed by atoms with Gasteiger partial charge in [-0.3, -0.25) is 0 Å². The van der Waals surface area contributed by atoms with Gasteiger partial charge in [0, 0.05) is 11.5 Å². The van der Waals surface area contributed by atoms with Gasteiger partial charge >= 0.3 is 59.1 Å². The predicted molar refractivity (Wildman–Crippen MR) is 66.1 cm³/mol. The third kappa shape index (κ3) is 36.3. The van der Waals surface area contributed by atoms with Crippen LogP contribution >= 0.6 is 25.3 Å². The van der Waals surface area contributed by atoms with E-state index in [1.807, 2.05) is 0 Å². The third-order valence-corrected chi connectivity index (χ3v) is 3.31. The first-order chi connectivity index (χ1) is 7.12. The number of hydrogen-bond acceptors (Lipinski definition) is 8. The molecule has 0 fully saturated rings. The second-order valence-corrected chi connectivity index (χ2v) is 6.62. The molecule has 0 saturated heterocycles. The minimum Gasteiger partial charge on any atom is -0.748 e. The molecule has 0 unspecified atom stereocenters. The van der Waals surface area contributed by atoms with E-state index in [4.69, 9.17) is 0 Å². The summed E-state index contributed by atoms with van der Waals surface area (Å²) in [5.41, 5.74) is 0. The van der Waals surface area contributed by atoms with Gasteiger partial charge in [-0.1, -0.05) is 0 Å². The van der Waals surface area contributed by atoms with Gasteiger partial charge in [0.2, 0.25) is 0 Å². The molecule has 0 bridgehead atoms. The van der Waals surface area contributed by atoms with E-state index in [0.29, 0.717) is 24.3 Å². The fraction of sp³-hybridized carbons (Fsp3) is 1.00. The molecule has 0 N–H and O–H groups in total. The van der Waals surface area contributed by atoms with Gasteiger partial charge in [0.1, 0.15) is 0 Å². The molecule has 0 saturated carbocycles. The molecule has 0 aliphatic rings. The van der Waals surface area contributed by atoms with E-state index in [1.165, 1.54) is 0 Å². The van der Waals surface area contributed by atoms with Crippen molar-refractivity contribution in [3.05, 3.63) is 0 Å². The maximum Gasteiger partial charge on any atom is 1.00 e. The van der Waals surface area contributed by atoms with E-state index >= 15 is 0 Å². The minimum atomic E-state index is -3.99. The zero-order chi connectivity index (χ0) is 13.2. The van der Waals surface area contributed by atoms with Crippen LogP contribution in [0.4, 0.5) is 0 Å². The number of thiol groups is 2. The minimum absolute atomic E-state index is 0. The summed E-state index contributed by atoms with van der Waals surface area (Å²) in [6, 6.07) is 0. The molecule has 0 radical (unpaired) electrons. The van der Waals surface area contributed by atoms with Crippen LogP contribution in [0.1, 0.15) is 12.8 Å².